The van der Waals surface area contributed by atoms with E-state index in [1.807, 2.05) is 36.4 Å². The molecule has 0 aromatic heterocycles. The van der Waals surface area contributed by atoms with Gasteiger partial charge in [0.25, 0.3) is 5.91 Å². The number of anilines is 1. The summed E-state index contributed by atoms with van der Waals surface area (Å²) in [5.41, 5.74) is 0.820. The third kappa shape index (κ3) is 2.91. The van der Waals surface area contributed by atoms with Gasteiger partial charge in [-0.1, -0.05) is 48.5 Å². The van der Waals surface area contributed by atoms with Gasteiger partial charge in [0.15, 0.2) is 5.60 Å². The highest BCUT2D eigenvalue weighted by atomic mass is 16.6. The number of carbonyl (C=O) groups excluding carboxylic acids is 2. The first-order valence-corrected chi connectivity index (χ1v) is 8.57. The standard InChI is InChI=1S/C20H20N2O3/c23-18-20(25-19(24)22(18)17-9-5-2-6-10-17)11-13-21(14-12-20)15-16-7-3-1-4-8-16/h1-10H,11-15H2. The van der Waals surface area contributed by atoms with Crippen LogP contribution in [0, 0.1) is 0 Å². The fourth-order valence-corrected chi connectivity index (χ4v) is 3.57. The van der Waals surface area contributed by atoms with Gasteiger partial charge < -0.3 is 4.74 Å². The van der Waals surface area contributed by atoms with Gasteiger partial charge >= 0.3 is 6.09 Å². The van der Waals surface area contributed by atoms with Gasteiger partial charge in [0.2, 0.25) is 0 Å². The maximum absolute atomic E-state index is 12.9. The van der Waals surface area contributed by atoms with Gasteiger partial charge in [0.1, 0.15) is 0 Å². The summed E-state index contributed by atoms with van der Waals surface area (Å²) in [6.07, 6.45) is 0.509. The Labute approximate surface area is 146 Å². The number of piperidine rings is 1. The molecular formula is C20H20N2O3. The number of amides is 2. The van der Waals surface area contributed by atoms with E-state index in [1.165, 1.54) is 10.5 Å². The first-order chi connectivity index (χ1) is 12.2. The van der Waals surface area contributed by atoms with Crippen LogP contribution in [0.2, 0.25) is 0 Å². The highest BCUT2D eigenvalue weighted by Gasteiger charge is 2.55. The van der Waals surface area contributed by atoms with Crippen molar-refractivity contribution < 1.29 is 14.3 Å². The minimum atomic E-state index is -1.000. The molecule has 128 valence electrons. The Morgan fingerprint density at radius 3 is 2.12 bits per heavy atom. The Hall–Kier alpha value is -2.66. The zero-order valence-electron chi connectivity index (χ0n) is 13.9. The molecule has 2 saturated heterocycles. The van der Waals surface area contributed by atoms with E-state index in [2.05, 4.69) is 17.0 Å². The molecule has 4 rings (SSSR count). The number of ether oxygens (including phenoxy) is 1. The summed E-state index contributed by atoms with van der Waals surface area (Å²) in [4.78, 5) is 28.7. The van der Waals surface area contributed by atoms with Crippen molar-refractivity contribution in [3.63, 3.8) is 0 Å². The number of likely N-dealkylation sites (tertiary alicyclic amines) is 1. The number of rotatable bonds is 3. The van der Waals surface area contributed by atoms with E-state index in [0.29, 0.717) is 18.5 Å². The molecule has 2 aliphatic heterocycles. The van der Waals surface area contributed by atoms with Crippen molar-refractivity contribution in [3.8, 4) is 0 Å². The minimum absolute atomic E-state index is 0.233. The molecule has 0 atom stereocenters. The molecule has 0 N–H and O–H groups in total. The largest absolute Gasteiger partial charge is 0.432 e. The average molecular weight is 336 g/mol. The Morgan fingerprint density at radius 2 is 1.48 bits per heavy atom. The van der Waals surface area contributed by atoms with Crippen molar-refractivity contribution >= 4 is 17.7 Å². The van der Waals surface area contributed by atoms with Crippen molar-refractivity contribution in [1.82, 2.24) is 4.90 Å². The van der Waals surface area contributed by atoms with Gasteiger partial charge in [-0.05, 0) is 17.7 Å². The van der Waals surface area contributed by atoms with Crippen LogP contribution in [0.1, 0.15) is 18.4 Å². The van der Waals surface area contributed by atoms with Crippen LogP contribution < -0.4 is 4.90 Å². The van der Waals surface area contributed by atoms with E-state index >= 15 is 0 Å². The summed E-state index contributed by atoms with van der Waals surface area (Å²) in [5, 5.41) is 0. The molecule has 2 aromatic carbocycles. The lowest BCUT2D eigenvalue weighted by Crippen LogP contribution is -2.49. The predicted molar refractivity (Wildman–Crippen MR) is 94.1 cm³/mol. The Morgan fingerprint density at radius 1 is 0.880 bits per heavy atom. The van der Waals surface area contributed by atoms with Gasteiger partial charge in [-0.25, -0.2) is 9.69 Å². The molecule has 0 radical (unpaired) electrons. The van der Waals surface area contributed by atoms with Crippen LogP contribution in [0.15, 0.2) is 60.7 Å². The Bertz CT molecular complexity index is 768. The van der Waals surface area contributed by atoms with Crippen molar-refractivity contribution in [2.75, 3.05) is 18.0 Å². The highest BCUT2D eigenvalue weighted by molar-refractivity contribution is 6.20. The van der Waals surface area contributed by atoms with Crippen LogP contribution in [0.25, 0.3) is 0 Å². The summed E-state index contributed by atoms with van der Waals surface area (Å²) < 4.78 is 5.58. The lowest BCUT2D eigenvalue weighted by atomic mass is 9.90. The van der Waals surface area contributed by atoms with Gasteiger partial charge in [-0.2, -0.15) is 0 Å². The lowest BCUT2D eigenvalue weighted by molar-refractivity contribution is -0.134. The number of hydrogen-bond acceptors (Lipinski definition) is 4. The molecule has 1 spiro atoms. The van der Waals surface area contributed by atoms with Gasteiger partial charge in [0.05, 0.1) is 5.69 Å². The smallest absolute Gasteiger partial charge is 0.422 e. The number of nitrogens with zero attached hydrogens (tertiary/aromatic N) is 2. The van der Waals surface area contributed by atoms with E-state index in [4.69, 9.17) is 4.74 Å². The second-order valence-corrected chi connectivity index (χ2v) is 6.60. The number of para-hydroxylation sites is 1. The Kier molecular flexibility index (Phi) is 4.01. The normalized spacial score (nSPS) is 20.1. The van der Waals surface area contributed by atoms with Crippen LogP contribution >= 0.6 is 0 Å². The number of imide groups is 1. The van der Waals surface area contributed by atoms with Crippen molar-refractivity contribution in [2.45, 2.75) is 25.0 Å². The molecule has 0 saturated carbocycles. The van der Waals surface area contributed by atoms with Crippen molar-refractivity contribution in [1.29, 1.82) is 0 Å². The zero-order chi connectivity index (χ0) is 17.3. The van der Waals surface area contributed by atoms with Crippen LogP contribution in [0.3, 0.4) is 0 Å². The molecule has 2 fully saturated rings. The summed E-state index contributed by atoms with van der Waals surface area (Å²) in [6, 6.07) is 19.2. The van der Waals surface area contributed by atoms with Crippen molar-refractivity contribution in [2.24, 2.45) is 0 Å². The van der Waals surface area contributed by atoms with E-state index in [1.54, 1.807) is 12.1 Å². The van der Waals surface area contributed by atoms with Crippen LogP contribution in [0.5, 0.6) is 0 Å². The second kappa shape index (κ2) is 6.33. The van der Waals surface area contributed by atoms with E-state index in [9.17, 15) is 9.59 Å². The summed E-state index contributed by atoms with van der Waals surface area (Å²) >= 11 is 0. The zero-order valence-corrected chi connectivity index (χ0v) is 13.9. The van der Waals surface area contributed by atoms with Crippen LogP contribution in [0.4, 0.5) is 10.5 Å². The second-order valence-electron chi connectivity index (χ2n) is 6.60. The molecule has 2 heterocycles. The van der Waals surface area contributed by atoms with Crippen molar-refractivity contribution in [3.05, 3.63) is 66.2 Å². The minimum Gasteiger partial charge on any atom is -0.432 e. The molecule has 2 amide bonds. The summed E-state index contributed by atoms with van der Waals surface area (Å²) in [7, 11) is 0. The summed E-state index contributed by atoms with van der Waals surface area (Å²) in [6.45, 7) is 2.31. The maximum Gasteiger partial charge on any atom is 0.422 e. The quantitative estimate of drug-likeness (QED) is 0.864. The fraction of sp³-hybridized carbons (Fsp3) is 0.300. The van der Waals surface area contributed by atoms with Gasteiger partial charge in [-0.15, -0.1) is 0 Å². The van der Waals surface area contributed by atoms with Gasteiger partial charge in [-0.3, -0.25) is 9.69 Å². The average Bonchev–Trinajstić information content (AvgIpc) is 2.89. The molecule has 2 aliphatic rings. The first-order valence-electron chi connectivity index (χ1n) is 8.57. The third-order valence-electron chi connectivity index (χ3n) is 4.99. The van der Waals surface area contributed by atoms with E-state index in [-0.39, 0.29) is 5.91 Å². The van der Waals surface area contributed by atoms with Gasteiger partial charge in [0, 0.05) is 32.5 Å². The van der Waals surface area contributed by atoms with Crippen LogP contribution in [-0.2, 0) is 16.1 Å². The lowest BCUT2D eigenvalue weighted by Gasteiger charge is -2.36. The fourth-order valence-electron chi connectivity index (χ4n) is 3.57. The number of benzene rings is 2. The molecule has 0 aliphatic carbocycles. The topological polar surface area (TPSA) is 49.9 Å². The van der Waals surface area contributed by atoms with E-state index in [0.717, 1.165) is 19.6 Å². The Balaban J connectivity index is 1.46. The van der Waals surface area contributed by atoms with Crippen LogP contribution in [-0.4, -0.2) is 35.6 Å². The molecule has 5 nitrogen and oxygen atoms in total. The van der Waals surface area contributed by atoms with E-state index < -0.39 is 11.7 Å². The number of carbonyl (C=O) groups is 2. The first kappa shape index (κ1) is 15.8. The third-order valence-corrected chi connectivity index (χ3v) is 4.99. The molecular weight excluding hydrogens is 316 g/mol. The highest BCUT2D eigenvalue weighted by Crippen LogP contribution is 2.37. The molecule has 0 bridgehead atoms. The SMILES string of the molecule is O=C1OC2(CCN(Cc3ccccc3)CC2)C(=O)N1c1ccccc1. The molecule has 25 heavy (non-hydrogen) atoms. The monoisotopic (exact) mass is 336 g/mol. The predicted octanol–water partition coefficient (Wildman–Crippen LogP) is 3.20. The number of hydrogen-bond donors (Lipinski definition) is 0. The maximum atomic E-state index is 12.9. The molecule has 0 unspecified atom stereocenters. The summed E-state index contributed by atoms with van der Waals surface area (Å²) in [5.74, 6) is -0.233. The molecule has 2 aromatic rings. The molecule has 5 heteroatoms.